The molecule has 0 bridgehead atoms. The number of sulfone groups is 1. The molecule has 4 atom stereocenters. The van der Waals surface area contributed by atoms with Crippen molar-refractivity contribution in [2.75, 3.05) is 6.61 Å². The number of halogens is 1. The van der Waals surface area contributed by atoms with E-state index in [0.717, 1.165) is 0 Å². The summed E-state index contributed by atoms with van der Waals surface area (Å²) in [5.41, 5.74) is 0.163. The number of imidazole rings is 1. The molecular weight excluding hydrogens is 376 g/mol. The molecule has 3 heterocycles. The molecule has 1 fully saturated rings. The van der Waals surface area contributed by atoms with E-state index in [1.165, 1.54) is 24.7 Å². The summed E-state index contributed by atoms with van der Waals surface area (Å²) < 4.78 is 31.3. The van der Waals surface area contributed by atoms with Crippen molar-refractivity contribution in [1.82, 2.24) is 19.5 Å². The van der Waals surface area contributed by atoms with Crippen molar-refractivity contribution in [3.8, 4) is 0 Å². The molecule has 0 aliphatic carbocycles. The predicted octanol–water partition coefficient (Wildman–Crippen LogP) is -0.727. The minimum absolute atomic E-state index is 0.0362. The zero-order valence-corrected chi connectivity index (χ0v) is 14.9. The number of hydrogen-bond donors (Lipinski definition) is 3. The van der Waals surface area contributed by atoms with Gasteiger partial charge in [0.15, 0.2) is 17.0 Å². The van der Waals surface area contributed by atoms with Crippen LogP contribution in [0.3, 0.4) is 0 Å². The number of ether oxygens (including phenoxy) is 1. The average molecular weight is 393 g/mol. The number of aliphatic hydroxyl groups excluding tert-OH is 3. The SMILES string of the molecule is CC(C)S(=O)(=O)c1nc(Cl)c2ncn([C@@H]3O[C@H](CO)[C@@H](O)[C@H]3O)c2n1. The van der Waals surface area contributed by atoms with Gasteiger partial charge in [0.25, 0.3) is 5.16 Å². The van der Waals surface area contributed by atoms with Gasteiger partial charge in [0.2, 0.25) is 9.84 Å². The van der Waals surface area contributed by atoms with Gasteiger partial charge in [-0.05, 0) is 13.8 Å². The van der Waals surface area contributed by atoms with Crippen molar-refractivity contribution < 1.29 is 28.5 Å². The van der Waals surface area contributed by atoms with E-state index >= 15 is 0 Å². The lowest BCUT2D eigenvalue weighted by Crippen LogP contribution is -2.33. The first-order valence-corrected chi connectivity index (χ1v) is 9.37. The monoisotopic (exact) mass is 392 g/mol. The van der Waals surface area contributed by atoms with E-state index in [9.17, 15) is 23.7 Å². The number of aromatic nitrogens is 4. The van der Waals surface area contributed by atoms with Crippen LogP contribution >= 0.6 is 11.6 Å². The summed E-state index contributed by atoms with van der Waals surface area (Å²) in [6.45, 7) is 2.48. The van der Waals surface area contributed by atoms with Gasteiger partial charge in [0, 0.05) is 0 Å². The number of fused-ring (bicyclic) bond motifs is 1. The molecule has 1 aliphatic rings. The maximum Gasteiger partial charge on any atom is 0.250 e. The van der Waals surface area contributed by atoms with Crippen LogP contribution in [-0.4, -0.2) is 73.4 Å². The van der Waals surface area contributed by atoms with Crippen LogP contribution in [0.15, 0.2) is 11.5 Å². The Morgan fingerprint density at radius 2 is 2.00 bits per heavy atom. The third-order valence-corrected chi connectivity index (χ3v) is 6.22. The molecule has 2 aromatic heterocycles. The van der Waals surface area contributed by atoms with Gasteiger partial charge in [0.05, 0.1) is 18.2 Å². The maximum absolute atomic E-state index is 12.3. The Morgan fingerprint density at radius 3 is 2.56 bits per heavy atom. The van der Waals surface area contributed by atoms with Crippen molar-refractivity contribution in [1.29, 1.82) is 0 Å². The van der Waals surface area contributed by atoms with Crippen molar-refractivity contribution in [3.63, 3.8) is 0 Å². The summed E-state index contributed by atoms with van der Waals surface area (Å²) in [5.74, 6) is 0. The first-order valence-electron chi connectivity index (χ1n) is 7.45. The van der Waals surface area contributed by atoms with Gasteiger partial charge < -0.3 is 20.1 Å². The van der Waals surface area contributed by atoms with Crippen LogP contribution < -0.4 is 0 Å². The molecule has 0 unspecified atom stereocenters. The Bertz CT molecular complexity index is 901. The van der Waals surface area contributed by atoms with E-state index in [4.69, 9.17) is 16.3 Å². The highest BCUT2D eigenvalue weighted by molar-refractivity contribution is 7.91. The first-order chi connectivity index (χ1) is 11.7. The molecule has 12 heteroatoms. The quantitative estimate of drug-likeness (QED) is 0.452. The Kier molecular flexibility index (Phi) is 4.73. The van der Waals surface area contributed by atoms with Gasteiger partial charge in [-0.2, -0.15) is 4.98 Å². The molecule has 2 aromatic rings. The van der Waals surface area contributed by atoms with Crippen LogP contribution in [0.4, 0.5) is 0 Å². The van der Waals surface area contributed by atoms with Crippen LogP contribution in [0.5, 0.6) is 0 Å². The van der Waals surface area contributed by atoms with Crippen molar-refractivity contribution in [2.45, 2.75) is 48.8 Å². The lowest BCUT2D eigenvalue weighted by atomic mass is 10.1. The zero-order chi connectivity index (χ0) is 18.5. The second kappa shape index (κ2) is 6.41. The van der Waals surface area contributed by atoms with E-state index < -0.39 is 51.4 Å². The van der Waals surface area contributed by atoms with Crippen LogP contribution in [0, 0.1) is 0 Å². The normalized spacial score (nSPS) is 27.5. The van der Waals surface area contributed by atoms with E-state index in [1.807, 2.05) is 0 Å². The minimum Gasteiger partial charge on any atom is -0.394 e. The van der Waals surface area contributed by atoms with Crippen LogP contribution in [-0.2, 0) is 14.6 Å². The van der Waals surface area contributed by atoms with Crippen molar-refractivity contribution in [2.24, 2.45) is 0 Å². The maximum atomic E-state index is 12.3. The second-order valence-corrected chi connectivity index (χ2v) is 8.70. The van der Waals surface area contributed by atoms with Gasteiger partial charge in [-0.1, -0.05) is 11.6 Å². The van der Waals surface area contributed by atoms with Gasteiger partial charge in [-0.15, -0.1) is 0 Å². The fraction of sp³-hybridized carbons (Fsp3) is 0.615. The van der Waals surface area contributed by atoms with Crippen molar-refractivity contribution in [3.05, 3.63) is 11.5 Å². The van der Waals surface area contributed by atoms with Gasteiger partial charge in [-0.25, -0.2) is 18.4 Å². The molecule has 3 rings (SSSR count). The lowest BCUT2D eigenvalue weighted by Gasteiger charge is -2.16. The smallest absolute Gasteiger partial charge is 0.250 e. The first kappa shape index (κ1) is 18.4. The molecule has 3 N–H and O–H groups in total. The number of rotatable bonds is 4. The Balaban J connectivity index is 2.14. The fourth-order valence-corrected chi connectivity index (χ4v) is 3.61. The summed E-state index contributed by atoms with van der Waals surface area (Å²) in [4.78, 5) is 11.8. The highest BCUT2D eigenvalue weighted by atomic mass is 35.5. The van der Waals surface area contributed by atoms with Crippen LogP contribution in [0.2, 0.25) is 5.15 Å². The lowest BCUT2D eigenvalue weighted by molar-refractivity contribution is -0.0511. The summed E-state index contributed by atoms with van der Waals surface area (Å²) in [6.07, 6.45) is -3.54. The van der Waals surface area contributed by atoms with Gasteiger partial charge in [-0.3, -0.25) is 4.57 Å². The Labute approximate surface area is 148 Å². The summed E-state index contributed by atoms with van der Waals surface area (Å²) in [5, 5.41) is 27.8. The topological polar surface area (TPSA) is 148 Å². The summed E-state index contributed by atoms with van der Waals surface area (Å²) in [7, 11) is -3.79. The highest BCUT2D eigenvalue weighted by Gasteiger charge is 2.44. The van der Waals surface area contributed by atoms with Crippen LogP contribution in [0.1, 0.15) is 20.1 Å². The van der Waals surface area contributed by atoms with Gasteiger partial charge in [0.1, 0.15) is 23.8 Å². The minimum atomic E-state index is -3.79. The van der Waals surface area contributed by atoms with E-state index in [2.05, 4.69) is 15.0 Å². The molecule has 0 radical (unpaired) electrons. The molecule has 1 saturated heterocycles. The Morgan fingerprint density at radius 1 is 1.32 bits per heavy atom. The largest absolute Gasteiger partial charge is 0.394 e. The highest BCUT2D eigenvalue weighted by Crippen LogP contribution is 2.32. The second-order valence-electron chi connectivity index (χ2n) is 5.94. The predicted molar refractivity (Wildman–Crippen MR) is 85.7 cm³/mol. The third kappa shape index (κ3) is 2.90. The standard InChI is InChI=1S/C13H17ClN4O6S/c1-5(2)25(22,23)13-16-10(14)7-11(17-13)18(4-15-7)12-9(21)8(20)6(3-19)24-12/h4-6,8-9,12,19-21H,3H2,1-2H3/t6-,8-,9-,12-/m1/s1. The van der Waals surface area contributed by atoms with Crippen molar-refractivity contribution >= 4 is 32.6 Å². The average Bonchev–Trinajstić information content (AvgIpc) is 3.10. The van der Waals surface area contributed by atoms with E-state index in [0.29, 0.717) is 0 Å². The number of aliphatic hydroxyl groups is 3. The van der Waals surface area contributed by atoms with E-state index in [1.54, 1.807) is 0 Å². The molecule has 0 saturated carbocycles. The fourth-order valence-electron chi connectivity index (χ4n) is 2.50. The molecular formula is C13H17ClN4O6S. The molecule has 25 heavy (non-hydrogen) atoms. The molecule has 0 amide bonds. The molecule has 1 aliphatic heterocycles. The number of hydrogen-bond acceptors (Lipinski definition) is 9. The molecule has 0 aromatic carbocycles. The summed E-state index contributed by atoms with van der Waals surface area (Å²) >= 11 is 6.03. The third-order valence-electron chi connectivity index (χ3n) is 4.02. The molecule has 10 nitrogen and oxygen atoms in total. The van der Waals surface area contributed by atoms with Gasteiger partial charge >= 0.3 is 0 Å². The van der Waals surface area contributed by atoms with E-state index in [-0.39, 0.29) is 16.3 Å². The Hall–Kier alpha value is -1.37. The number of nitrogens with zero attached hydrogens (tertiary/aromatic N) is 4. The zero-order valence-electron chi connectivity index (χ0n) is 13.3. The molecule has 138 valence electrons. The molecule has 0 spiro atoms. The van der Waals surface area contributed by atoms with Crippen LogP contribution in [0.25, 0.3) is 11.2 Å². The summed E-state index contributed by atoms with van der Waals surface area (Å²) in [6, 6.07) is 0.